The molecule has 0 fully saturated rings. The molecule has 0 radical (unpaired) electrons. The number of carboxylic acid groups (broad SMARTS) is 1. The molecule has 12 nitrogen and oxygen atoms in total. The third kappa shape index (κ3) is 7.51. The Bertz CT molecular complexity index is 510. The summed E-state index contributed by atoms with van der Waals surface area (Å²) in [5, 5.41) is 24.3. The molecule has 0 aromatic heterocycles. The van der Waals surface area contributed by atoms with Crippen LogP contribution in [0.25, 0.3) is 0 Å². The van der Waals surface area contributed by atoms with Crippen LogP contribution in [-0.2, 0) is 24.0 Å². The molecule has 0 rings (SSSR count). The van der Waals surface area contributed by atoms with Crippen molar-refractivity contribution >= 4 is 29.6 Å². The number of aliphatic carboxylic acids is 1. The summed E-state index contributed by atoms with van der Waals surface area (Å²) in [5.41, 5.74) is 9.94. The number of carbonyl (C=O) groups is 5. The van der Waals surface area contributed by atoms with Gasteiger partial charge in [0.2, 0.25) is 23.6 Å². The predicted octanol–water partition coefficient (Wildman–Crippen LogP) is -4.63. The maximum absolute atomic E-state index is 11.9. The highest BCUT2D eigenvalue weighted by Gasteiger charge is 2.27. The molecule has 0 bridgehead atoms. The highest BCUT2D eigenvalue weighted by molar-refractivity contribution is 5.94. The molecule has 0 saturated carbocycles. The molecule has 12 heteroatoms. The maximum Gasteiger partial charge on any atom is 0.326 e. The Morgan fingerprint density at radius 3 is 2.00 bits per heavy atom. The van der Waals surface area contributed by atoms with Crippen molar-refractivity contribution in [3.63, 3.8) is 0 Å². The fourth-order valence-corrected chi connectivity index (χ4v) is 1.52. The van der Waals surface area contributed by atoms with Gasteiger partial charge in [0.05, 0.1) is 19.6 Å². The number of aliphatic hydroxyl groups excluding tert-OH is 1. The van der Waals surface area contributed by atoms with Gasteiger partial charge in [-0.05, 0) is 6.92 Å². The molecule has 0 aliphatic heterocycles. The van der Waals surface area contributed by atoms with Gasteiger partial charge < -0.3 is 37.6 Å². The standard InChI is InChI=1S/C12H21N5O7/c1-5(10(21)17-6(12(23)24)2-8(14)19)15-11(22)7(4-18)16-9(20)3-13/h5-7,18H,2-4,13H2,1H3,(H2,14,19)(H,15,22)(H,16,20)(H,17,21)(H,23,24). The molecule has 136 valence electrons. The predicted molar refractivity (Wildman–Crippen MR) is 79.1 cm³/mol. The van der Waals surface area contributed by atoms with Crippen LogP contribution in [0, 0.1) is 0 Å². The van der Waals surface area contributed by atoms with Gasteiger partial charge in [-0.2, -0.15) is 0 Å². The van der Waals surface area contributed by atoms with Gasteiger partial charge in [0.25, 0.3) is 0 Å². The van der Waals surface area contributed by atoms with Crippen molar-refractivity contribution in [2.75, 3.05) is 13.2 Å². The number of carbonyl (C=O) groups excluding carboxylic acids is 4. The van der Waals surface area contributed by atoms with Crippen LogP contribution in [-0.4, -0.2) is 71.1 Å². The molecule has 0 aliphatic rings. The van der Waals surface area contributed by atoms with E-state index in [-0.39, 0.29) is 0 Å². The van der Waals surface area contributed by atoms with Crippen molar-refractivity contribution in [2.24, 2.45) is 11.5 Å². The third-order valence-corrected chi connectivity index (χ3v) is 2.79. The molecule has 0 spiro atoms. The second-order valence-corrected chi connectivity index (χ2v) is 4.81. The number of amides is 4. The number of nitrogens with one attached hydrogen (secondary N) is 3. The molecular weight excluding hydrogens is 326 g/mol. The lowest BCUT2D eigenvalue weighted by atomic mass is 10.1. The SMILES string of the molecule is CC(NC(=O)C(CO)NC(=O)CN)C(=O)NC(CC(N)=O)C(=O)O. The van der Waals surface area contributed by atoms with E-state index in [2.05, 4.69) is 10.6 Å². The minimum atomic E-state index is -1.54. The number of aliphatic hydroxyl groups is 1. The Balaban J connectivity index is 4.71. The molecule has 0 aliphatic carbocycles. The fraction of sp³-hybridized carbons (Fsp3) is 0.583. The van der Waals surface area contributed by atoms with Gasteiger partial charge in [-0.3, -0.25) is 19.2 Å². The Kier molecular flexibility index (Phi) is 8.97. The minimum Gasteiger partial charge on any atom is -0.480 e. The molecular formula is C12H21N5O7. The molecule has 0 saturated heterocycles. The quantitative estimate of drug-likeness (QED) is 0.203. The smallest absolute Gasteiger partial charge is 0.326 e. The van der Waals surface area contributed by atoms with Crippen molar-refractivity contribution in [3.8, 4) is 0 Å². The lowest BCUT2D eigenvalue weighted by molar-refractivity contribution is -0.143. The largest absolute Gasteiger partial charge is 0.480 e. The lowest BCUT2D eigenvalue weighted by Crippen LogP contribution is -2.56. The van der Waals surface area contributed by atoms with Gasteiger partial charge in [-0.25, -0.2) is 4.79 Å². The van der Waals surface area contributed by atoms with Crippen molar-refractivity contribution in [3.05, 3.63) is 0 Å². The van der Waals surface area contributed by atoms with Crippen molar-refractivity contribution in [1.82, 2.24) is 16.0 Å². The summed E-state index contributed by atoms with van der Waals surface area (Å²) in [6.07, 6.45) is -0.617. The van der Waals surface area contributed by atoms with Crippen LogP contribution < -0.4 is 27.4 Å². The van der Waals surface area contributed by atoms with Crippen LogP contribution in [0.1, 0.15) is 13.3 Å². The van der Waals surface area contributed by atoms with E-state index >= 15 is 0 Å². The first-order valence-electron chi connectivity index (χ1n) is 6.84. The summed E-state index contributed by atoms with van der Waals surface area (Å²) in [4.78, 5) is 56.5. The number of nitrogens with two attached hydrogens (primary N) is 2. The van der Waals surface area contributed by atoms with Crippen LogP contribution >= 0.6 is 0 Å². The average molecular weight is 347 g/mol. The molecule has 0 aromatic rings. The molecule has 3 unspecified atom stereocenters. The zero-order valence-corrected chi connectivity index (χ0v) is 12.9. The highest BCUT2D eigenvalue weighted by atomic mass is 16.4. The van der Waals surface area contributed by atoms with Crippen LogP contribution in [0.3, 0.4) is 0 Å². The topological polar surface area (TPSA) is 214 Å². The summed E-state index contributed by atoms with van der Waals surface area (Å²) in [7, 11) is 0. The van der Waals surface area contributed by atoms with E-state index < -0.39 is 67.3 Å². The van der Waals surface area contributed by atoms with Crippen molar-refractivity contribution in [2.45, 2.75) is 31.5 Å². The maximum atomic E-state index is 11.9. The first-order valence-corrected chi connectivity index (χ1v) is 6.84. The monoisotopic (exact) mass is 347 g/mol. The number of primary amides is 1. The molecule has 3 atom stereocenters. The number of carboxylic acids is 1. The molecule has 4 amide bonds. The number of rotatable bonds is 10. The van der Waals surface area contributed by atoms with Gasteiger partial charge in [0.1, 0.15) is 18.1 Å². The van der Waals surface area contributed by atoms with Gasteiger partial charge >= 0.3 is 5.97 Å². The summed E-state index contributed by atoms with van der Waals surface area (Å²) < 4.78 is 0. The van der Waals surface area contributed by atoms with E-state index in [0.717, 1.165) is 0 Å². The average Bonchev–Trinajstić information content (AvgIpc) is 2.50. The van der Waals surface area contributed by atoms with E-state index in [1.54, 1.807) is 0 Å². The molecule has 9 N–H and O–H groups in total. The Hall–Kier alpha value is -2.73. The Morgan fingerprint density at radius 2 is 1.58 bits per heavy atom. The second kappa shape index (κ2) is 10.1. The van der Waals surface area contributed by atoms with Crippen LogP contribution in [0.4, 0.5) is 0 Å². The normalized spacial score (nSPS) is 14.0. The van der Waals surface area contributed by atoms with Crippen molar-refractivity contribution in [1.29, 1.82) is 0 Å². The fourth-order valence-electron chi connectivity index (χ4n) is 1.52. The lowest BCUT2D eigenvalue weighted by Gasteiger charge is -2.21. The van der Waals surface area contributed by atoms with Crippen LogP contribution in [0.5, 0.6) is 0 Å². The first-order chi connectivity index (χ1) is 11.1. The Morgan fingerprint density at radius 1 is 1.00 bits per heavy atom. The van der Waals surface area contributed by atoms with E-state index in [0.29, 0.717) is 0 Å². The molecule has 0 heterocycles. The Labute approximate surface area is 136 Å². The zero-order valence-electron chi connectivity index (χ0n) is 12.9. The van der Waals surface area contributed by atoms with E-state index in [9.17, 15) is 24.0 Å². The number of hydrogen-bond acceptors (Lipinski definition) is 7. The third-order valence-electron chi connectivity index (χ3n) is 2.79. The molecule has 24 heavy (non-hydrogen) atoms. The van der Waals surface area contributed by atoms with Gasteiger partial charge in [0, 0.05) is 0 Å². The summed E-state index contributed by atoms with van der Waals surface area (Å²) >= 11 is 0. The van der Waals surface area contributed by atoms with Crippen molar-refractivity contribution < 1.29 is 34.2 Å². The molecule has 0 aromatic carbocycles. The van der Waals surface area contributed by atoms with E-state index in [1.807, 2.05) is 5.32 Å². The summed E-state index contributed by atoms with van der Waals surface area (Å²) in [6, 6.07) is -4.06. The van der Waals surface area contributed by atoms with Crippen LogP contribution in [0.2, 0.25) is 0 Å². The minimum absolute atomic E-state index is 0.396. The van der Waals surface area contributed by atoms with Crippen LogP contribution in [0.15, 0.2) is 0 Å². The zero-order chi connectivity index (χ0) is 18.9. The summed E-state index contributed by atoms with van der Waals surface area (Å²) in [6.45, 7) is 0.119. The van der Waals surface area contributed by atoms with Gasteiger partial charge in [0.15, 0.2) is 0 Å². The van der Waals surface area contributed by atoms with Gasteiger partial charge in [-0.1, -0.05) is 0 Å². The van der Waals surface area contributed by atoms with E-state index in [1.165, 1.54) is 6.92 Å². The van der Waals surface area contributed by atoms with E-state index in [4.69, 9.17) is 21.7 Å². The first kappa shape index (κ1) is 21.3. The van der Waals surface area contributed by atoms with Gasteiger partial charge in [-0.15, -0.1) is 0 Å². The second-order valence-electron chi connectivity index (χ2n) is 4.81. The number of hydrogen-bond donors (Lipinski definition) is 7. The summed E-state index contributed by atoms with van der Waals surface area (Å²) in [5.74, 6) is -4.84. The highest BCUT2D eigenvalue weighted by Crippen LogP contribution is 1.95.